The van der Waals surface area contributed by atoms with Gasteiger partial charge in [-0.3, -0.25) is 0 Å². The van der Waals surface area contributed by atoms with E-state index in [0.717, 1.165) is 0 Å². The second-order valence-electron chi connectivity index (χ2n) is 12.8. The van der Waals surface area contributed by atoms with Gasteiger partial charge in [0.15, 0.2) is 12.2 Å². The lowest BCUT2D eigenvalue weighted by molar-refractivity contribution is -0.0562. The second kappa shape index (κ2) is 11.5. The largest absolute Gasteiger partial charge is 0.454 e. The Morgan fingerprint density at radius 3 is 1.37 bits per heavy atom. The van der Waals surface area contributed by atoms with Crippen molar-refractivity contribution >= 4 is 11.9 Å². The zero-order valence-electron chi connectivity index (χ0n) is 25.8. The summed E-state index contributed by atoms with van der Waals surface area (Å²) in [5.41, 5.74) is 9.58. The van der Waals surface area contributed by atoms with Gasteiger partial charge in [0.1, 0.15) is 0 Å². The number of carbonyl (C=O) groups excluding carboxylic acids is 2. The van der Waals surface area contributed by atoms with Crippen LogP contribution in [0.2, 0.25) is 0 Å². The molecule has 0 amide bonds. The third-order valence-electron chi connectivity index (χ3n) is 9.15. The first-order valence-electron chi connectivity index (χ1n) is 15.5. The van der Waals surface area contributed by atoms with Gasteiger partial charge in [-0.05, 0) is 81.0 Å². The molecule has 0 heterocycles. The number of ether oxygens (including phenoxy) is 2. The summed E-state index contributed by atoms with van der Waals surface area (Å²) in [6.45, 7) is 13.3. The highest BCUT2D eigenvalue weighted by Crippen LogP contribution is 2.59. The van der Waals surface area contributed by atoms with E-state index in [0.29, 0.717) is 11.1 Å². The molecule has 4 aromatic rings. The first-order chi connectivity index (χ1) is 20.7. The van der Waals surface area contributed by atoms with Gasteiger partial charge in [0, 0.05) is 0 Å². The van der Waals surface area contributed by atoms with Crippen molar-refractivity contribution in [1.29, 1.82) is 0 Å². The molecule has 0 aliphatic heterocycles. The Morgan fingerprint density at radius 1 is 0.488 bits per heavy atom. The Balaban J connectivity index is 1.62. The second-order valence-corrected chi connectivity index (χ2v) is 12.8. The predicted molar refractivity (Wildman–Crippen MR) is 170 cm³/mol. The van der Waals surface area contributed by atoms with Gasteiger partial charge >= 0.3 is 11.9 Å². The molecule has 7 rings (SSSR count). The van der Waals surface area contributed by atoms with Gasteiger partial charge in [0.2, 0.25) is 0 Å². The number of hydrogen-bond acceptors (Lipinski definition) is 4. The van der Waals surface area contributed by atoms with Crippen LogP contribution in [0.1, 0.15) is 131 Å². The van der Waals surface area contributed by atoms with Crippen molar-refractivity contribution in [3.05, 3.63) is 141 Å². The number of benzene rings is 4. The fourth-order valence-corrected chi connectivity index (χ4v) is 7.26. The fourth-order valence-electron chi connectivity index (χ4n) is 7.26. The molecule has 0 fully saturated rings. The highest BCUT2D eigenvalue weighted by molar-refractivity contribution is 5.91. The minimum Gasteiger partial charge on any atom is -0.454 e. The first-order valence-corrected chi connectivity index (χ1v) is 15.5. The van der Waals surface area contributed by atoms with Crippen molar-refractivity contribution in [1.82, 2.24) is 0 Å². The standard InChI is InChI=1S/C39H40O4/c1-22(2)27-18-13-19-30-31(27)35-33-29(24(5)6)21-20-28(23(3)4)32(33)34(30)36(42-38(40)25-14-9-7-10-15-25)37(35)43-39(41)26-16-11-8-12-17-26/h7-24,34-37H,1-6H3/t34-,35-,36?,37?/m0/s1. The van der Waals surface area contributed by atoms with E-state index in [1.54, 1.807) is 24.3 Å². The zero-order chi connectivity index (χ0) is 30.4. The van der Waals surface area contributed by atoms with Gasteiger partial charge in [-0.15, -0.1) is 0 Å². The van der Waals surface area contributed by atoms with Crippen molar-refractivity contribution in [3.63, 3.8) is 0 Å². The summed E-state index contributed by atoms with van der Waals surface area (Å²) in [4.78, 5) is 27.5. The van der Waals surface area contributed by atoms with Crippen molar-refractivity contribution in [2.75, 3.05) is 0 Å². The Hall–Kier alpha value is -4.18. The van der Waals surface area contributed by atoms with Crippen molar-refractivity contribution in [2.24, 2.45) is 0 Å². The van der Waals surface area contributed by atoms with Crippen LogP contribution >= 0.6 is 0 Å². The number of hydrogen-bond donors (Lipinski definition) is 0. The third-order valence-corrected chi connectivity index (χ3v) is 9.15. The molecule has 4 aromatic carbocycles. The molecule has 4 nitrogen and oxygen atoms in total. The van der Waals surface area contributed by atoms with Crippen LogP contribution < -0.4 is 0 Å². The van der Waals surface area contributed by atoms with Crippen molar-refractivity contribution in [3.8, 4) is 0 Å². The number of carbonyl (C=O) groups is 2. The molecule has 0 aromatic heterocycles. The van der Waals surface area contributed by atoms with Crippen LogP contribution in [0.25, 0.3) is 0 Å². The van der Waals surface area contributed by atoms with Gasteiger partial charge < -0.3 is 9.47 Å². The van der Waals surface area contributed by atoms with Crippen molar-refractivity contribution < 1.29 is 19.1 Å². The van der Waals surface area contributed by atoms with Crippen molar-refractivity contribution in [2.45, 2.75) is 83.3 Å². The Morgan fingerprint density at radius 2 is 0.907 bits per heavy atom. The van der Waals surface area contributed by atoms with Crippen LogP contribution in [-0.2, 0) is 9.47 Å². The van der Waals surface area contributed by atoms with E-state index in [-0.39, 0.29) is 29.6 Å². The molecule has 3 aliphatic carbocycles. The molecule has 0 spiro atoms. The fraction of sp³-hybridized carbons (Fsp3) is 0.333. The van der Waals surface area contributed by atoms with Crippen LogP contribution in [-0.4, -0.2) is 24.1 Å². The molecule has 0 radical (unpaired) electrons. The Labute approximate surface area is 255 Å². The SMILES string of the molecule is CC(C)c1cccc2c1[C@H]1c3c(C(C)C)ccc(C(C)C)c3[C@H]2C(OC(=O)c2ccccc2)C1OC(=O)c1ccccc1. The maximum absolute atomic E-state index is 13.8. The monoisotopic (exact) mass is 572 g/mol. The highest BCUT2D eigenvalue weighted by Gasteiger charge is 2.56. The molecule has 0 saturated carbocycles. The van der Waals surface area contributed by atoms with Crippen LogP contribution in [0.15, 0.2) is 91.0 Å². The number of rotatable bonds is 7. The summed E-state index contributed by atoms with van der Waals surface area (Å²) in [6, 6.07) is 29.2. The maximum atomic E-state index is 13.8. The number of fused-ring (bicyclic) bond motifs is 1. The molecule has 0 N–H and O–H groups in total. The maximum Gasteiger partial charge on any atom is 0.338 e. The summed E-state index contributed by atoms with van der Waals surface area (Å²) < 4.78 is 13.0. The van der Waals surface area contributed by atoms with E-state index in [1.165, 1.54) is 38.9 Å². The molecular formula is C39H40O4. The predicted octanol–water partition coefficient (Wildman–Crippen LogP) is 9.10. The summed E-state index contributed by atoms with van der Waals surface area (Å²) >= 11 is 0. The Kier molecular flexibility index (Phi) is 7.72. The summed E-state index contributed by atoms with van der Waals surface area (Å²) in [6.07, 6.45) is -1.38. The van der Waals surface area contributed by atoms with E-state index >= 15 is 0 Å². The van der Waals surface area contributed by atoms with E-state index < -0.39 is 24.1 Å². The number of esters is 2. The van der Waals surface area contributed by atoms with E-state index in [9.17, 15) is 9.59 Å². The Bertz CT molecular complexity index is 1650. The molecular weight excluding hydrogens is 532 g/mol. The van der Waals surface area contributed by atoms with E-state index in [2.05, 4.69) is 71.9 Å². The van der Waals surface area contributed by atoms with Gasteiger partial charge in [-0.1, -0.05) is 108 Å². The van der Waals surface area contributed by atoms with Crippen LogP contribution in [0.5, 0.6) is 0 Å². The molecule has 3 aliphatic rings. The van der Waals surface area contributed by atoms with Gasteiger partial charge in [-0.25, -0.2) is 9.59 Å². The highest BCUT2D eigenvalue weighted by atomic mass is 16.6. The van der Waals surface area contributed by atoms with Crippen LogP contribution in [0.3, 0.4) is 0 Å². The lowest BCUT2D eigenvalue weighted by atomic mass is 9.56. The molecule has 43 heavy (non-hydrogen) atoms. The molecule has 2 bridgehead atoms. The van der Waals surface area contributed by atoms with E-state index in [4.69, 9.17) is 9.47 Å². The summed E-state index contributed by atoms with van der Waals surface area (Å²) in [5.74, 6) is -0.564. The lowest BCUT2D eigenvalue weighted by Gasteiger charge is -2.51. The minimum atomic E-state index is -0.690. The summed E-state index contributed by atoms with van der Waals surface area (Å²) in [7, 11) is 0. The average Bonchev–Trinajstić information content (AvgIpc) is 3.01. The third kappa shape index (κ3) is 4.97. The normalized spacial score (nSPS) is 20.2. The minimum absolute atomic E-state index is 0.264. The van der Waals surface area contributed by atoms with Gasteiger partial charge in [-0.2, -0.15) is 0 Å². The zero-order valence-corrected chi connectivity index (χ0v) is 25.8. The van der Waals surface area contributed by atoms with E-state index in [1.807, 2.05) is 36.4 Å². The molecule has 220 valence electrons. The topological polar surface area (TPSA) is 52.6 Å². The van der Waals surface area contributed by atoms with Gasteiger partial charge in [0.25, 0.3) is 0 Å². The van der Waals surface area contributed by atoms with Crippen LogP contribution in [0, 0.1) is 0 Å². The molecule has 0 saturated heterocycles. The molecule has 4 atom stereocenters. The first kappa shape index (κ1) is 28.9. The average molecular weight is 573 g/mol. The lowest BCUT2D eigenvalue weighted by Crippen LogP contribution is -2.52. The van der Waals surface area contributed by atoms with Gasteiger partial charge in [0.05, 0.1) is 23.0 Å². The quantitative estimate of drug-likeness (QED) is 0.207. The molecule has 4 heteroatoms. The molecule has 2 unspecified atom stereocenters. The van der Waals surface area contributed by atoms with Crippen LogP contribution in [0.4, 0.5) is 0 Å². The summed E-state index contributed by atoms with van der Waals surface area (Å²) in [5, 5.41) is 0. The smallest absolute Gasteiger partial charge is 0.338 e.